The Morgan fingerprint density at radius 2 is 1.82 bits per heavy atom. The molecule has 0 radical (unpaired) electrons. The van der Waals surface area contributed by atoms with E-state index in [1.54, 1.807) is 12.1 Å². The summed E-state index contributed by atoms with van der Waals surface area (Å²) in [5, 5.41) is 13.4. The van der Waals surface area contributed by atoms with Gasteiger partial charge in [0.2, 0.25) is 5.91 Å². The molecule has 1 fully saturated rings. The van der Waals surface area contributed by atoms with Crippen molar-refractivity contribution in [2.45, 2.75) is 25.1 Å². The zero-order valence-electron chi connectivity index (χ0n) is 14.3. The van der Waals surface area contributed by atoms with E-state index in [1.165, 1.54) is 18.2 Å². The molecule has 6 nitrogen and oxygen atoms in total. The molecule has 1 N–H and O–H groups in total. The molecule has 0 unspecified atom stereocenters. The highest BCUT2D eigenvalue weighted by atomic mass is 19.4. The molecule has 0 saturated carbocycles. The number of carboxylic acids is 1. The summed E-state index contributed by atoms with van der Waals surface area (Å²) >= 11 is 0. The third-order valence-electron chi connectivity index (χ3n) is 4.22. The van der Waals surface area contributed by atoms with Crippen LogP contribution in [0.25, 0.3) is 0 Å². The number of hydrogen-bond acceptors (Lipinski definition) is 5. The van der Waals surface area contributed by atoms with E-state index in [1.807, 2.05) is 0 Å². The van der Waals surface area contributed by atoms with Gasteiger partial charge in [-0.15, -0.1) is 0 Å². The molecule has 1 atom stereocenters. The number of imide groups is 1. The number of carboxylic acid groups (broad SMARTS) is 1. The summed E-state index contributed by atoms with van der Waals surface area (Å²) in [6.07, 6.45) is -5.06. The number of anilines is 2. The van der Waals surface area contributed by atoms with Crippen LogP contribution in [-0.2, 0) is 27.0 Å². The van der Waals surface area contributed by atoms with Crippen molar-refractivity contribution in [2.75, 3.05) is 10.2 Å². The zero-order chi connectivity index (χ0) is 20.5. The van der Waals surface area contributed by atoms with Crippen LogP contribution in [0.2, 0.25) is 0 Å². The highest BCUT2D eigenvalue weighted by molar-refractivity contribution is 6.23. The summed E-state index contributed by atoms with van der Waals surface area (Å²) in [6, 6.07) is 9.23. The summed E-state index contributed by atoms with van der Waals surface area (Å²) in [7, 11) is 0. The van der Waals surface area contributed by atoms with Crippen LogP contribution in [0, 0.1) is 0 Å². The van der Waals surface area contributed by atoms with E-state index in [9.17, 15) is 32.7 Å². The van der Waals surface area contributed by atoms with Crippen molar-refractivity contribution in [2.24, 2.45) is 0 Å². The number of amides is 2. The molecule has 28 heavy (non-hydrogen) atoms. The molecule has 2 amide bonds. The Labute approximate surface area is 157 Å². The topological polar surface area (TPSA) is 89.5 Å². The quantitative estimate of drug-likeness (QED) is 0.785. The van der Waals surface area contributed by atoms with Gasteiger partial charge in [-0.25, -0.2) is 4.90 Å². The maximum absolute atomic E-state index is 12.9. The number of benzene rings is 2. The molecule has 3 rings (SSSR count). The molecule has 1 heterocycles. The number of nitrogens with zero attached hydrogens (tertiary/aromatic N) is 1. The fraction of sp³-hybridized carbons (Fsp3) is 0.211. The van der Waals surface area contributed by atoms with Gasteiger partial charge in [0, 0.05) is 18.1 Å². The van der Waals surface area contributed by atoms with Gasteiger partial charge in [0.05, 0.1) is 17.7 Å². The minimum atomic E-state index is -4.59. The van der Waals surface area contributed by atoms with Crippen LogP contribution < -0.4 is 15.3 Å². The maximum atomic E-state index is 12.9. The fourth-order valence-corrected chi connectivity index (χ4v) is 2.92. The lowest BCUT2D eigenvalue weighted by Crippen LogP contribution is -2.35. The van der Waals surface area contributed by atoms with E-state index >= 15 is 0 Å². The molecule has 0 spiro atoms. The summed E-state index contributed by atoms with van der Waals surface area (Å²) < 4.78 is 38.7. The van der Waals surface area contributed by atoms with Crippen LogP contribution >= 0.6 is 0 Å². The highest BCUT2D eigenvalue weighted by Gasteiger charge is 2.40. The first kappa shape index (κ1) is 19.4. The van der Waals surface area contributed by atoms with Crippen LogP contribution in [0.5, 0.6) is 0 Å². The average Bonchev–Trinajstić information content (AvgIpc) is 2.89. The van der Waals surface area contributed by atoms with Gasteiger partial charge < -0.3 is 15.2 Å². The Kier molecular flexibility index (Phi) is 5.08. The minimum absolute atomic E-state index is 0.140. The first-order valence-electron chi connectivity index (χ1n) is 8.24. The van der Waals surface area contributed by atoms with Gasteiger partial charge in [0.25, 0.3) is 5.91 Å². The standard InChI is InChI=1S/C19H15F3N2O4/c20-19(21,22)12-2-1-3-14(9-12)24-16(25)10-15(18(24)28)23-13-6-4-11(5-7-13)8-17(26)27/h1-7,9,15,23H,8,10H2,(H,26,27)/p-1/t15-/m0/s1. The van der Waals surface area contributed by atoms with Crippen molar-refractivity contribution in [3.05, 3.63) is 59.7 Å². The van der Waals surface area contributed by atoms with Gasteiger partial charge in [0.1, 0.15) is 6.04 Å². The van der Waals surface area contributed by atoms with E-state index in [0.29, 0.717) is 11.3 Å². The Bertz CT molecular complexity index is 926. The first-order chi connectivity index (χ1) is 13.1. The summed E-state index contributed by atoms with van der Waals surface area (Å²) in [5.74, 6) is -2.51. The number of aliphatic carboxylic acids is 1. The molecular weight excluding hydrogens is 377 g/mol. The molecule has 9 heteroatoms. The van der Waals surface area contributed by atoms with Gasteiger partial charge in [-0.1, -0.05) is 18.2 Å². The van der Waals surface area contributed by atoms with E-state index in [-0.39, 0.29) is 18.5 Å². The zero-order valence-corrected chi connectivity index (χ0v) is 14.3. The fourth-order valence-electron chi connectivity index (χ4n) is 2.92. The molecule has 1 aliphatic heterocycles. The third kappa shape index (κ3) is 4.13. The number of halogens is 3. The van der Waals surface area contributed by atoms with Crippen LogP contribution in [0.15, 0.2) is 48.5 Å². The van der Waals surface area contributed by atoms with E-state index in [0.717, 1.165) is 23.1 Å². The number of nitrogens with one attached hydrogen (secondary N) is 1. The summed E-state index contributed by atoms with van der Waals surface area (Å²) in [6.45, 7) is 0. The minimum Gasteiger partial charge on any atom is -0.550 e. The second-order valence-electron chi connectivity index (χ2n) is 6.26. The largest absolute Gasteiger partial charge is 0.550 e. The lowest BCUT2D eigenvalue weighted by atomic mass is 10.1. The monoisotopic (exact) mass is 391 g/mol. The molecule has 1 aliphatic rings. The molecule has 146 valence electrons. The number of carbonyl (C=O) groups excluding carboxylic acids is 3. The van der Waals surface area contributed by atoms with Crippen LogP contribution in [0.4, 0.5) is 24.5 Å². The van der Waals surface area contributed by atoms with E-state index in [2.05, 4.69) is 5.32 Å². The molecule has 0 bridgehead atoms. The van der Waals surface area contributed by atoms with Crippen molar-refractivity contribution in [3.8, 4) is 0 Å². The third-order valence-corrected chi connectivity index (χ3v) is 4.22. The molecular formula is C19H14F3N2O4-. The SMILES string of the molecule is O=C([O-])Cc1ccc(N[C@H]2CC(=O)N(c3cccc(C(F)(F)F)c3)C2=O)cc1. The lowest BCUT2D eigenvalue weighted by molar-refractivity contribution is -0.304. The second kappa shape index (κ2) is 7.34. The van der Waals surface area contributed by atoms with Crippen LogP contribution in [0.1, 0.15) is 17.5 Å². The van der Waals surface area contributed by atoms with Crippen molar-refractivity contribution in [1.82, 2.24) is 0 Å². The number of carbonyl (C=O) groups is 3. The average molecular weight is 391 g/mol. The van der Waals surface area contributed by atoms with Crippen molar-refractivity contribution in [3.63, 3.8) is 0 Å². The smallest absolute Gasteiger partial charge is 0.416 e. The molecule has 2 aromatic rings. The first-order valence-corrected chi connectivity index (χ1v) is 8.24. The Balaban J connectivity index is 1.76. The van der Waals surface area contributed by atoms with Gasteiger partial charge >= 0.3 is 6.18 Å². The van der Waals surface area contributed by atoms with Gasteiger partial charge in [0.15, 0.2) is 0 Å². The number of hydrogen-bond donors (Lipinski definition) is 1. The van der Waals surface area contributed by atoms with Crippen LogP contribution in [-0.4, -0.2) is 23.8 Å². The predicted octanol–water partition coefficient (Wildman–Crippen LogP) is 1.74. The number of rotatable bonds is 5. The van der Waals surface area contributed by atoms with Crippen molar-refractivity contribution < 1.29 is 32.7 Å². The Morgan fingerprint density at radius 1 is 1.14 bits per heavy atom. The molecule has 0 aromatic heterocycles. The summed E-state index contributed by atoms with van der Waals surface area (Å²) in [4.78, 5) is 36.1. The van der Waals surface area contributed by atoms with E-state index in [4.69, 9.17) is 0 Å². The maximum Gasteiger partial charge on any atom is 0.416 e. The van der Waals surface area contributed by atoms with Gasteiger partial charge in [-0.3, -0.25) is 9.59 Å². The van der Waals surface area contributed by atoms with Gasteiger partial charge in [-0.2, -0.15) is 13.2 Å². The van der Waals surface area contributed by atoms with Gasteiger partial charge in [-0.05, 0) is 35.9 Å². The van der Waals surface area contributed by atoms with Crippen molar-refractivity contribution in [1.29, 1.82) is 0 Å². The van der Waals surface area contributed by atoms with Crippen LogP contribution in [0.3, 0.4) is 0 Å². The van der Waals surface area contributed by atoms with E-state index < -0.39 is 35.6 Å². The lowest BCUT2D eigenvalue weighted by Gasteiger charge is -2.17. The number of alkyl halides is 3. The normalized spacial score (nSPS) is 17.1. The van der Waals surface area contributed by atoms with Crippen molar-refractivity contribution >= 4 is 29.2 Å². The molecule has 0 aliphatic carbocycles. The molecule has 2 aromatic carbocycles. The Morgan fingerprint density at radius 3 is 2.43 bits per heavy atom. The Hall–Kier alpha value is -3.36. The summed E-state index contributed by atoms with van der Waals surface area (Å²) in [5.41, 5.74) is -0.118. The second-order valence-corrected chi connectivity index (χ2v) is 6.26. The highest BCUT2D eigenvalue weighted by Crippen LogP contribution is 2.33. The molecule has 1 saturated heterocycles. The predicted molar refractivity (Wildman–Crippen MR) is 91.1 cm³/mol.